The first-order valence-corrected chi connectivity index (χ1v) is 6.58. The van der Waals surface area contributed by atoms with Crippen molar-refractivity contribution in [1.82, 2.24) is 19.6 Å². The van der Waals surface area contributed by atoms with Gasteiger partial charge in [-0.3, -0.25) is 14.2 Å². The Labute approximate surface area is 110 Å². The molecule has 0 bridgehead atoms. The van der Waals surface area contributed by atoms with Crippen molar-refractivity contribution in [2.24, 2.45) is 11.8 Å². The van der Waals surface area contributed by atoms with Gasteiger partial charge in [-0.15, -0.1) is 10.2 Å². The molecule has 1 N–H and O–H groups in total. The Kier molecular flexibility index (Phi) is 2.93. The van der Waals surface area contributed by atoms with Gasteiger partial charge in [-0.1, -0.05) is 13.3 Å². The number of carbonyl (C=O) groups is 1. The predicted molar refractivity (Wildman–Crippen MR) is 67.7 cm³/mol. The van der Waals surface area contributed by atoms with Gasteiger partial charge in [0.2, 0.25) is 0 Å². The molecule has 1 fully saturated rings. The van der Waals surface area contributed by atoms with Gasteiger partial charge in [0.25, 0.3) is 0 Å². The molecular weight excluding hydrogens is 244 g/mol. The van der Waals surface area contributed by atoms with Crippen LogP contribution in [0.15, 0.2) is 18.6 Å². The first-order chi connectivity index (χ1) is 9.20. The lowest BCUT2D eigenvalue weighted by atomic mass is 9.95. The molecule has 1 saturated carbocycles. The Morgan fingerprint density at radius 1 is 1.47 bits per heavy atom. The number of carboxylic acids is 1. The van der Waals surface area contributed by atoms with Crippen LogP contribution >= 0.6 is 0 Å². The molecule has 0 aromatic carbocycles. The van der Waals surface area contributed by atoms with E-state index in [0.717, 1.165) is 25.1 Å². The van der Waals surface area contributed by atoms with Gasteiger partial charge in [-0.05, 0) is 18.8 Å². The molecule has 2 aromatic heterocycles. The highest BCUT2D eigenvalue weighted by Crippen LogP contribution is 2.43. The van der Waals surface area contributed by atoms with Gasteiger partial charge in [-0.2, -0.15) is 0 Å². The molecule has 0 radical (unpaired) electrons. The van der Waals surface area contributed by atoms with Gasteiger partial charge >= 0.3 is 5.97 Å². The molecule has 2 aromatic rings. The molecule has 19 heavy (non-hydrogen) atoms. The number of rotatable bonds is 3. The summed E-state index contributed by atoms with van der Waals surface area (Å²) in [4.78, 5) is 15.4. The van der Waals surface area contributed by atoms with Crippen molar-refractivity contribution in [2.45, 2.75) is 32.1 Å². The summed E-state index contributed by atoms with van der Waals surface area (Å²) in [5, 5.41) is 17.7. The van der Waals surface area contributed by atoms with Crippen molar-refractivity contribution in [2.75, 3.05) is 0 Å². The van der Waals surface area contributed by atoms with Crippen LogP contribution in [-0.2, 0) is 4.79 Å². The number of fused-ring (bicyclic) bond motifs is 1. The monoisotopic (exact) mass is 260 g/mol. The zero-order chi connectivity index (χ0) is 13.4. The van der Waals surface area contributed by atoms with E-state index in [1.54, 1.807) is 18.6 Å². The summed E-state index contributed by atoms with van der Waals surface area (Å²) in [5.41, 5.74) is 0.668. The van der Waals surface area contributed by atoms with Crippen molar-refractivity contribution in [3.63, 3.8) is 0 Å². The highest BCUT2D eigenvalue weighted by molar-refractivity contribution is 5.71. The van der Waals surface area contributed by atoms with Gasteiger partial charge < -0.3 is 5.11 Å². The van der Waals surface area contributed by atoms with E-state index in [-0.39, 0.29) is 11.8 Å². The lowest BCUT2D eigenvalue weighted by Gasteiger charge is -2.13. The standard InChI is InChI=1S/C13H16N4O2/c1-2-8-5-9(10(6-8)13(18)19)12-16-15-11-7-14-3-4-17(11)12/h3-4,7-10H,2,5-6H2,1H3,(H,18,19). The van der Waals surface area contributed by atoms with E-state index in [2.05, 4.69) is 22.1 Å². The Hall–Kier alpha value is -1.98. The molecule has 6 nitrogen and oxygen atoms in total. The van der Waals surface area contributed by atoms with E-state index in [1.807, 2.05) is 4.40 Å². The van der Waals surface area contributed by atoms with Gasteiger partial charge in [0.15, 0.2) is 5.65 Å². The van der Waals surface area contributed by atoms with Crippen molar-refractivity contribution >= 4 is 11.6 Å². The molecule has 0 saturated heterocycles. The number of carboxylic acid groups (broad SMARTS) is 1. The van der Waals surface area contributed by atoms with Gasteiger partial charge in [0.1, 0.15) is 5.82 Å². The predicted octanol–water partition coefficient (Wildman–Crippen LogP) is 1.73. The summed E-state index contributed by atoms with van der Waals surface area (Å²) < 4.78 is 1.85. The van der Waals surface area contributed by atoms with Crippen LogP contribution in [0.3, 0.4) is 0 Å². The second kappa shape index (κ2) is 4.60. The molecule has 6 heteroatoms. The fourth-order valence-electron chi connectivity index (χ4n) is 3.06. The quantitative estimate of drug-likeness (QED) is 0.909. The zero-order valence-corrected chi connectivity index (χ0v) is 10.7. The number of aromatic nitrogens is 4. The van der Waals surface area contributed by atoms with Crippen LogP contribution in [0, 0.1) is 11.8 Å². The van der Waals surface area contributed by atoms with Crippen LogP contribution in [0.2, 0.25) is 0 Å². The summed E-state index contributed by atoms with van der Waals surface area (Å²) in [5.74, 6) is 0.0677. The first-order valence-electron chi connectivity index (χ1n) is 6.58. The molecule has 0 spiro atoms. The average Bonchev–Trinajstić information content (AvgIpc) is 3.02. The molecule has 1 aliphatic carbocycles. The molecular formula is C13H16N4O2. The van der Waals surface area contributed by atoms with Crippen LogP contribution in [0.5, 0.6) is 0 Å². The number of aliphatic carboxylic acids is 1. The second-order valence-corrected chi connectivity index (χ2v) is 5.16. The minimum absolute atomic E-state index is 0.0557. The Balaban J connectivity index is 2.02. The maximum Gasteiger partial charge on any atom is 0.307 e. The highest BCUT2D eigenvalue weighted by Gasteiger charge is 2.41. The van der Waals surface area contributed by atoms with E-state index in [1.165, 1.54) is 0 Å². The van der Waals surface area contributed by atoms with Crippen molar-refractivity contribution < 1.29 is 9.90 Å². The molecule has 3 unspecified atom stereocenters. The number of hydrogen-bond acceptors (Lipinski definition) is 4. The summed E-state index contributed by atoms with van der Waals surface area (Å²) in [6.07, 6.45) is 7.72. The van der Waals surface area contributed by atoms with Crippen molar-refractivity contribution in [3.05, 3.63) is 24.4 Å². The van der Waals surface area contributed by atoms with E-state index >= 15 is 0 Å². The van der Waals surface area contributed by atoms with Crippen molar-refractivity contribution in [3.8, 4) is 0 Å². The Morgan fingerprint density at radius 2 is 2.32 bits per heavy atom. The fourth-order valence-corrected chi connectivity index (χ4v) is 3.06. The fraction of sp³-hybridized carbons (Fsp3) is 0.538. The third-order valence-corrected chi connectivity index (χ3v) is 4.13. The highest BCUT2D eigenvalue weighted by atomic mass is 16.4. The third-order valence-electron chi connectivity index (χ3n) is 4.13. The zero-order valence-electron chi connectivity index (χ0n) is 10.7. The molecule has 100 valence electrons. The van der Waals surface area contributed by atoms with Gasteiger partial charge in [-0.25, -0.2) is 0 Å². The third kappa shape index (κ3) is 1.97. The van der Waals surface area contributed by atoms with Crippen LogP contribution in [0.25, 0.3) is 5.65 Å². The first kappa shape index (κ1) is 12.1. The Bertz CT molecular complexity index is 609. The summed E-state index contributed by atoms with van der Waals surface area (Å²) >= 11 is 0. The lowest BCUT2D eigenvalue weighted by molar-refractivity contribution is -0.142. The Morgan fingerprint density at radius 3 is 3.05 bits per heavy atom. The maximum absolute atomic E-state index is 11.4. The van der Waals surface area contributed by atoms with E-state index in [0.29, 0.717) is 11.6 Å². The molecule has 3 rings (SSSR count). The lowest BCUT2D eigenvalue weighted by Crippen LogP contribution is -2.18. The maximum atomic E-state index is 11.4. The SMILES string of the molecule is CCC1CC(C(=O)O)C(c2nnc3cnccn23)C1. The number of nitrogens with zero attached hydrogens (tertiary/aromatic N) is 4. The topological polar surface area (TPSA) is 80.4 Å². The van der Waals surface area contributed by atoms with Crippen LogP contribution in [0.4, 0.5) is 0 Å². The molecule has 1 aliphatic rings. The van der Waals surface area contributed by atoms with Crippen LogP contribution in [-0.4, -0.2) is 30.7 Å². The molecule has 2 heterocycles. The molecule has 0 amide bonds. The van der Waals surface area contributed by atoms with E-state index < -0.39 is 5.97 Å². The minimum atomic E-state index is -0.730. The van der Waals surface area contributed by atoms with Gasteiger partial charge in [0, 0.05) is 18.3 Å². The largest absolute Gasteiger partial charge is 0.481 e. The smallest absolute Gasteiger partial charge is 0.307 e. The van der Waals surface area contributed by atoms with Crippen molar-refractivity contribution in [1.29, 1.82) is 0 Å². The number of hydrogen-bond donors (Lipinski definition) is 1. The normalized spacial score (nSPS) is 26.9. The average molecular weight is 260 g/mol. The van der Waals surface area contributed by atoms with Gasteiger partial charge in [0.05, 0.1) is 12.1 Å². The summed E-state index contributed by atoms with van der Waals surface area (Å²) in [6.45, 7) is 2.11. The van der Waals surface area contributed by atoms with Crippen LogP contribution in [0.1, 0.15) is 37.9 Å². The van der Waals surface area contributed by atoms with Crippen LogP contribution < -0.4 is 0 Å². The van der Waals surface area contributed by atoms with E-state index in [9.17, 15) is 9.90 Å². The molecule has 0 aliphatic heterocycles. The second-order valence-electron chi connectivity index (χ2n) is 5.16. The minimum Gasteiger partial charge on any atom is -0.481 e. The van der Waals surface area contributed by atoms with E-state index in [4.69, 9.17) is 0 Å². The molecule has 3 atom stereocenters. The summed E-state index contributed by atoms with van der Waals surface area (Å²) in [7, 11) is 0. The summed E-state index contributed by atoms with van der Waals surface area (Å²) in [6, 6.07) is 0.